The van der Waals surface area contributed by atoms with Crippen molar-refractivity contribution >= 4 is 28.8 Å². The molecule has 0 fully saturated rings. The second kappa shape index (κ2) is 7.65. The third-order valence-corrected chi connectivity index (χ3v) is 5.25. The number of hydrogen-bond donors (Lipinski definition) is 1. The lowest BCUT2D eigenvalue weighted by Crippen LogP contribution is -2.32. The molecule has 0 radical (unpaired) electrons. The number of aryl methyl sites for hydroxylation is 1. The molecule has 1 N–H and O–H groups in total. The number of rotatable bonds is 4. The Labute approximate surface area is 179 Å². The van der Waals surface area contributed by atoms with Crippen molar-refractivity contribution in [2.24, 2.45) is 0 Å². The number of hydrogen-bond acceptors (Lipinski definition) is 5. The summed E-state index contributed by atoms with van der Waals surface area (Å²) in [6, 6.07) is 21.9. The van der Waals surface area contributed by atoms with E-state index in [0.717, 1.165) is 5.56 Å². The summed E-state index contributed by atoms with van der Waals surface area (Å²) < 4.78 is 11.2. The first-order chi connectivity index (χ1) is 15.1. The second-order valence-corrected chi connectivity index (χ2v) is 7.38. The fourth-order valence-corrected chi connectivity index (χ4v) is 3.71. The second-order valence-electron chi connectivity index (χ2n) is 7.38. The SMILES string of the molecule is Cc1ccc(C2=C(Nc3ccc4c(c3)OCCO4)C(=O)N(c3ccccc3)C2=O)cc1. The van der Waals surface area contributed by atoms with Crippen LogP contribution >= 0.6 is 0 Å². The molecule has 0 aromatic heterocycles. The molecule has 31 heavy (non-hydrogen) atoms. The molecule has 6 nitrogen and oxygen atoms in total. The number of imide groups is 1. The largest absolute Gasteiger partial charge is 0.486 e. The highest BCUT2D eigenvalue weighted by Crippen LogP contribution is 2.36. The molecule has 0 saturated heterocycles. The topological polar surface area (TPSA) is 67.9 Å². The van der Waals surface area contributed by atoms with E-state index in [1.54, 1.807) is 42.5 Å². The highest BCUT2D eigenvalue weighted by atomic mass is 16.6. The Balaban J connectivity index is 1.58. The van der Waals surface area contributed by atoms with Gasteiger partial charge in [0.25, 0.3) is 11.8 Å². The maximum Gasteiger partial charge on any atom is 0.282 e. The van der Waals surface area contributed by atoms with Crippen molar-refractivity contribution in [1.29, 1.82) is 0 Å². The van der Waals surface area contributed by atoms with Crippen LogP contribution in [0.1, 0.15) is 11.1 Å². The first kappa shape index (κ1) is 18.9. The van der Waals surface area contributed by atoms with Crippen LogP contribution in [0.4, 0.5) is 11.4 Å². The number of nitrogens with one attached hydrogen (secondary N) is 1. The number of carbonyl (C=O) groups is 2. The lowest BCUT2D eigenvalue weighted by Gasteiger charge is -2.19. The Kier molecular flexibility index (Phi) is 4.67. The molecular weight excluding hydrogens is 392 g/mol. The Bertz CT molecular complexity index is 1200. The number of carbonyl (C=O) groups excluding carboxylic acids is 2. The number of benzene rings is 3. The molecule has 0 saturated carbocycles. The number of anilines is 2. The van der Waals surface area contributed by atoms with Gasteiger partial charge in [0.2, 0.25) is 0 Å². The molecule has 0 bridgehead atoms. The Morgan fingerprint density at radius 1 is 0.806 bits per heavy atom. The van der Waals surface area contributed by atoms with Gasteiger partial charge in [0.05, 0.1) is 11.3 Å². The van der Waals surface area contributed by atoms with Gasteiger partial charge in [-0.1, -0.05) is 48.0 Å². The van der Waals surface area contributed by atoms with E-state index in [-0.39, 0.29) is 11.6 Å². The number of fused-ring (bicyclic) bond motifs is 1. The van der Waals surface area contributed by atoms with Crippen molar-refractivity contribution in [3.63, 3.8) is 0 Å². The maximum atomic E-state index is 13.4. The molecular formula is C25H20N2O4. The minimum absolute atomic E-state index is 0.231. The highest BCUT2D eigenvalue weighted by molar-refractivity contribution is 6.46. The van der Waals surface area contributed by atoms with E-state index in [0.29, 0.717) is 47.2 Å². The van der Waals surface area contributed by atoms with Gasteiger partial charge in [0.15, 0.2) is 11.5 Å². The van der Waals surface area contributed by atoms with Crippen LogP contribution in [0.5, 0.6) is 11.5 Å². The van der Waals surface area contributed by atoms with Gasteiger partial charge < -0.3 is 14.8 Å². The van der Waals surface area contributed by atoms with Gasteiger partial charge in [-0.15, -0.1) is 0 Å². The number of para-hydroxylation sites is 1. The summed E-state index contributed by atoms with van der Waals surface area (Å²) >= 11 is 0. The minimum atomic E-state index is -0.401. The predicted octanol–water partition coefficient (Wildman–Crippen LogP) is 4.16. The summed E-state index contributed by atoms with van der Waals surface area (Å²) in [5.74, 6) is 0.497. The van der Waals surface area contributed by atoms with Crippen molar-refractivity contribution in [3.8, 4) is 11.5 Å². The van der Waals surface area contributed by atoms with Crippen molar-refractivity contribution in [3.05, 3.63) is 89.6 Å². The Morgan fingerprint density at radius 2 is 1.52 bits per heavy atom. The van der Waals surface area contributed by atoms with Gasteiger partial charge in [0, 0.05) is 11.8 Å². The van der Waals surface area contributed by atoms with Gasteiger partial charge in [-0.25, -0.2) is 4.90 Å². The molecule has 5 rings (SSSR count). The van der Waals surface area contributed by atoms with E-state index in [4.69, 9.17) is 9.47 Å². The molecule has 6 heteroatoms. The van der Waals surface area contributed by atoms with Gasteiger partial charge in [-0.3, -0.25) is 9.59 Å². The first-order valence-electron chi connectivity index (χ1n) is 10.0. The van der Waals surface area contributed by atoms with E-state index in [1.807, 2.05) is 37.3 Å². The standard InChI is InChI=1S/C25H20N2O4/c1-16-7-9-17(10-8-16)22-23(25(29)27(24(22)28)19-5-3-2-4-6-19)26-18-11-12-20-21(15-18)31-14-13-30-20/h2-12,15,26H,13-14H2,1H3. The van der Waals surface area contributed by atoms with Crippen molar-refractivity contribution in [2.75, 3.05) is 23.4 Å². The monoisotopic (exact) mass is 412 g/mol. The fourth-order valence-electron chi connectivity index (χ4n) is 3.71. The van der Waals surface area contributed by atoms with Gasteiger partial charge in [0.1, 0.15) is 18.9 Å². The lowest BCUT2D eigenvalue weighted by molar-refractivity contribution is -0.120. The van der Waals surface area contributed by atoms with Gasteiger partial charge in [-0.05, 0) is 36.8 Å². The minimum Gasteiger partial charge on any atom is -0.486 e. The number of amides is 2. The third-order valence-electron chi connectivity index (χ3n) is 5.25. The fraction of sp³-hybridized carbons (Fsp3) is 0.120. The lowest BCUT2D eigenvalue weighted by atomic mass is 10.0. The summed E-state index contributed by atoms with van der Waals surface area (Å²) in [5, 5.41) is 3.17. The third kappa shape index (κ3) is 3.42. The predicted molar refractivity (Wildman–Crippen MR) is 118 cm³/mol. The van der Waals surface area contributed by atoms with Crippen LogP contribution in [0, 0.1) is 6.92 Å². The first-order valence-corrected chi connectivity index (χ1v) is 10.0. The zero-order valence-electron chi connectivity index (χ0n) is 16.9. The molecule has 3 aromatic rings. The van der Waals surface area contributed by atoms with Crippen LogP contribution in [0.2, 0.25) is 0 Å². The van der Waals surface area contributed by atoms with E-state index in [2.05, 4.69) is 5.32 Å². The Hall–Kier alpha value is -4.06. The molecule has 0 unspecified atom stereocenters. The average Bonchev–Trinajstić information content (AvgIpc) is 3.04. The highest BCUT2D eigenvalue weighted by Gasteiger charge is 2.40. The zero-order valence-corrected chi connectivity index (χ0v) is 16.9. The summed E-state index contributed by atoms with van der Waals surface area (Å²) in [6.07, 6.45) is 0. The van der Waals surface area contributed by atoms with Gasteiger partial charge in [-0.2, -0.15) is 0 Å². The average molecular weight is 412 g/mol. The van der Waals surface area contributed by atoms with Crippen LogP contribution < -0.4 is 19.7 Å². The molecule has 0 atom stereocenters. The molecule has 2 aliphatic heterocycles. The molecule has 2 aliphatic rings. The molecule has 2 heterocycles. The van der Waals surface area contributed by atoms with Crippen LogP contribution in [0.15, 0.2) is 78.5 Å². The molecule has 2 amide bonds. The summed E-state index contributed by atoms with van der Waals surface area (Å²) in [5.41, 5.74) is 3.49. The van der Waals surface area contributed by atoms with Crippen LogP contribution in [0.3, 0.4) is 0 Å². The van der Waals surface area contributed by atoms with Crippen molar-refractivity contribution in [1.82, 2.24) is 0 Å². The Morgan fingerprint density at radius 3 is 2.26 bits per heavy atom. The molecule has 0 spiro atoms. The van der Waals surface area contributed by atoms with Crippen molar-refractivity contribution in [2.45, 2.75) is 6.92 Å². The number of ether oxygens (including phenoxy) is 2. The van der Waals surface area contributed by atoms with E-state index < -0.39 is 5.91 Å². The number of nitrogens with zero attached hydrogens (tertiary/aromatic N) is 1. The van der Waals surface area contributed by atoms with Crippen molar-refractivity contribution < 1.29 is 19.1 Å². The van der Waals surface area contributed by atoms with E-state index in [9.17, 15) is 9.59 Å². The van der Waals surface area contributed by atoms with E-state index in [1.165, 1.54) is 4.90 Å². The maximum absolute atomic E-state index is 13.4. The van der Waals surface area contributed by atoms with Crippen LogP contribution in [0.25, 0.3) is 5.57 Å². The summed E-state index contributed by atoms with van der Waals surface area (Å²) in [4.78, 5) is 28.0. The van der Waals surface area contributed by atoms with Crippen LogP contribution in [-0.2, 0) is 9.59 Å². The molecule has 154 valence electrons. The zero-order chi connectivity index (χ0) is 21.4. The summed E-state index contributed by atoms with van der Waals surface area (Å²) in [6.45, 7) is 2.94. The molecule has 3 aromatic carbocycles. The van der Waals surface area contributed by atoms with Gasteiger partial charge >= 0.3 is 0 Å². The van der Waals surface area contributed by atoms with Crippen LogP contribution in [-0.4, -0.2) is 25.0 Å². The quantitative estimate of drug-likeness (QED) is 0.652. The smallest absolute Gasteiger partial charge is 0.282 e. The normalized spacial score (nSPS) is 15.5. The molecule has 0 aliphatic carbocycles. The van der Waals surface area contributed by atoms with E-state index >= 15 is 0 Å². The summed E-state index contributed by atoms with van der Waals surface area (Å²) in [7, 11) is 0.